The molecule has 0 radical (unpaired) electrons. The molecular weight excluding hydrogens is 398 g/mol. The third-order valence-electron chi connectivity index (χ3n) is 4.90. The highest BCUT2D eigenvalue weighted by Crippen LogP contribution is 2.31. The number of hydrogen-bond acceptors (Lipinski definition) is 6. The predicted molar refractivity (Wildman–Crippen MR) is 121 cm³/mol. The number of aromatic nitrogens is 1. The van der Waals surface area contributed by atoms with Crippen molar-refractivity contribution in [1.82, 2.24) is 10.3 Å². The van der Waals surface area contributed by atoms with Gasteiger partial charge in [-0.15, -0.1) is 0 Å². The summed E-state index contributed by atoms with van der Waals surface area (Å²) in [7, 11) is 3.19. The molecule has 0 fully saturated rings. The monoisotopic (exact) mass is 425 g/mol. The molecule has 7 heteroatoms. The SMILES string of the molecule is CCc1ccccc1Nc1nc(C)c(C(=O)N[C@H](C)c2ccc(OC)c(OC)c2)s1. The number of carbonyl (C=O) groups is 1. The lowest BCUT2D eigenvalue weighted by Crippen LogP contribution is -2.26. The van der Waals surface area contributed by atoms with Crippen molar-refractivity contribution in [3.05, 3.63) is 64.2 Å². The summed E-state index contributed by atoms with van der Waals surface area (Å²) in [5, 5.41) is 7.10. The lowest BCUT2D eigenvalue weighted by atomic mass is 10.1. The molecule has 3 rings (SSSR count). The largest absolute Gasteiger partial charge is 0.493 e. The number of amides is 1. The van der Waals surface area contributed by atoms with Gasteiger partial charge in [-0.3, -0.25) is 4.79 Å². The number of aryl methyl sites for hydroxylation is 2. The summed E-state index contributed by atoms with van der Waals surface area (Å²) < 4.78 is 10.6. The Hall–Kier alpha value is -3.06. The molecule has 3 aromatic rings. The van der Waals surface area contributed by atoms with Crippen molar-refractivity contribution in [2.45, 2.75) is 33.2 Å². The van der Waals surface area contributed by atoms with E-state index in [4.69, 9.17) is 9.47 Å². The number of rotatable bonds is 8. The first-order valence-corrected chi connectivity index (χ1v) is 10.6. The molecule has 158 valence electrons. The van der Waals surface area contributed by atoms with Gasteiger partial charge in [0.25, 0.3) is 5.91 Å². The highest BCUT2D eigenvalue weighted by molar-refractivity contribution is 7.17. The van der Waals surface area contributed by atoms with Crippen LogP contribution in [0, 0.1) is 6.92 Å². The topological polar surface area (TPSA) is 72.5 Å². The standard InChI is InChI=1S/C23H27N3O3S/c1-6-16-9-7-8-10-18(16)26-23-25-15(3)21(30-23)22(27)24-14(2)17-11-12-19(28-4)20(13-17)29-5/h7-14H,6H2,1-5H3,(H,24,27)(H,25,26)/t14-/m1/s1. The molecule has 0 aliphatic heterocycles. The highest BCUT2D eigenvalue weighted by Gasteiger charge is 2.19. The molecule has 0 saturated carbocycles. The third kappa shape index (κ3) is 4.74. The van der Waals surface area contributed by atoms with Gasteiger partial charge in [-0.1, -0.05) is 42.5 Å². The Labute approximate surface area is 181 Å². The van der Waals surface area contributed by atoms with Gasteiger partial charge in [0.05, 0.1) is 26.0 Å². The minimum atomic E-state index is -0.198. The molecule has 1 amide bonds. The Morgan fingerprint density at radius 1 is 1.13 bits per heavy atom. The van der Waals surface area contributed by atoms with Crippen LogP contribution in [-0.4, -0.2) is 25.1 Å². The summed E-state index contributed by atoms with van der Waals surface area (Å²) in [6.45, 7) is 5.90. The number of hydrogen-bond donors (Lipinski definition) is 2. The van der Waals surface area contributed by atoms with Crippen molar-refractivity contribution >= 4 is 28.1 Å². The second kappa shape index (κ2) is 9.63. The minimum absolute atomic E-state index is 0.149. The fourth-order valence-electron chi connectivity index (χ4n) is 3.19. The predicted octanol–water partition coefficient (Wildman–Crippen LogP) is 5.27. The van der Waals surface area contributed by atoms with E-state index >= 15 is 0 Å². The first-order valence-electron chi connectivity index (χ1n) is 9.82. The maximum absolute atomic E-state index is 12.9. The molecule has 30 heavy (non-hydrogen) atoms. The van der Waals surface area contributed by atoms with Gasteiger partial charge >= 0.3 is 0 Å². The number of anilines is 2. The van der Waals surface area contributed by atoms with Gasteiger partial charge in [-0.25, -0.2) is 4.98 Å². The van der Waals surface area contributed by atoms with Gasteiger partial charge in [0, 0.05) is 5.69 Å². The zero-order valence-corrected chi connectivity index (χ0v) is 18.7. The van der Waals surface area contributed by atoms with Gasteiger partial charge in [0.15, 0.2) is 16.6 Å². The maximum Gasteiger partial charge on any atom is 0.263 e. The smallest absolute Gasteiger partial charge is 0.263 e. The van der Waals surface area contributed by atoms with Gasteiger partial charge in [0.1, 0.15) is 4.88 Å². The Kier molecular flexibility index (Phi) is 6.95. The van der Waals surface area contributed by atoms with E-state index in [1.807, 2.05) is 50.2 Å². The van der Waals surface area contributed by atoms with Crippen molar-refractivity contribution < 1.29 is 14.3 Å². The number of nitrogens with one attached hydrogen (secondary N) is 2. The maximum atomic E-state index is 12.9. The second-order valence-electron chi connectivity index (χ2n) is 6.88. The van der Waals surface area contributed by atoms with Crippen LogP contribution in [0.4, 0.5) is 10.8 Å². The van der Waals surface area contributed by atoms with E-state index in [1.54, 1.807) is 14.2 Å². The average Bonchev–Trinajstić information content (AvgIpc) is 3.13. The molecule has 0 bridgehead atoms. The van der Waals surface area contributed by atoms with Crippen LogP contribution in [0.2, 0.25) is 0 Å². The first-order chi connectivity index (χ1) is 14.5. The lowest BCUT2D eigenvalue weighted by molar-refractivity contribution is 0.0943. The quantitative estimate of drug-likeness (QED) is 0.515. The number of benzene rings is 2. The number of ether oxygens (including phenoxy) is 2. The van der Waals surface area contributed by atoms with Crippen LogP contribution < -0.4 is 20.1 Å². The summed E-state index contributed by atoms with van der Waals surface area (Å²) in [4.78, 5) is 18.0. The zero-order chi connectivity index (χ0) is 21.7. The van der Waals surface area contributed by atoms with Crippen LogP contribution in [0.3, 0.4) is 0 Å². The zero-order valence-electron chi connectivity index (χ0n) is 17.9. The first kappa shape index (κ1) is 21.6. The van der Waals surface area contributed by atoms with E-state index in [-0.39, 0.29) is 11.9 Å². The Morgan fingerprint density at radius 2 is 1.87 bits per heavy atom. The van der Waals surface area contributed by atoms with E-state index in [1.165, 1.54) is 16.9 Å². The van der Waals surface area contributed by atoms with Crippen molar-refractivity contribution in [3.63, 3.8) is 0 Å². The molecule has 1 atom stereocenters. The molecule has 2 N–H and O–H groups in total. The summed E-state index contributed by atoms with van der Waals surface area (Å²) >= 11 is 1.35. The van der Waals surface area contributed by atoms with Crippen molar-refractivity contribution in [2.75, 3.05) is 19.5 Å². The Balaban J connectivity index is 1.74. The number of methoxy groups -OCH3 is 2. The molecule has 0 unspecified atom stereocenters. The van der Waals surface area contributed by atoms with Crippen molar-refractivity contribution in [1.29, 1.82) is 0 Å². The number of thiazole rings is 1. The fourth-order valence-corrected chi connectivity index (χ4v) is 4.08. The summed E-state index contributed by atoms with van der Waals surface area (Å²) in [5.74, 6) is 1.14. The molecule has 0 aliphatic carbocycles. The van der Waals surface area contributed by atoms with Gasteiger partial charge in [-0.2, -0.15) is 0 Å². The summed E-state index contributed by atoms with van der Waals surface area (Å²) in [6.07, 6.45) is 0.920. The van der Waals surface area contributed by atoms with Crippen LogP contribution in [0.1, 0.15) is 46.4 Å². The third-order valence-corrected chi connectivity index (χ3v) is 5.97. The molecule has 0 spiro atoms. The van der Waals surface area contributed by atoms with Crippen molar-refractivity contribution in [3.8, 4) is 11.5 Å². The Morgan fingerprint density at radius 3 is 2.57 bits per heavy atom. The van der Waals surface area contributed by atoms with Crippen LogP contribution in [0.15, 0.2) is 42.5 Å². The number of carbonyl (C=O) groups excluding carboxylic acids is 1. The molecule has 1 aromatic heterocycles. The van der Waals surface area contributed by atoms with Gasteiger partial charge in [0.2, 0.25) is 0 Å². The summed E-state index contributed by atoms with van der Waals surface area (Å²) in [6, 6.07) is 13.5. The Bertz CT molecular complexity index is 1030. The normalized spacial score (nSPS) is 11.6. The van der Waals surface area contributed by atoms with Crippen LogP contribution in [-0.2, 0) is 6.42 Å². The fraction of sp³-hybridized carbons (Fsp3) is 0.304. The van der Waals surface area contributed by atoms with Crippen molar-refractivity contribution in [2.24, 2.45) is 0 Å². The van der Waals surface area contributed by atoms with E-state index < -0.39 is 0 Å². The molecule has 0 aliphatic rings. The second-order valence-corrected chi connectivity index (χ2v) is 7.88. The minimum Gasteiger partial charge on any atom is -0.493 e. The van der Waals surface area contributed by atoms with E-state index in [9.17, 15) is 4.79 Å². The van der Waals surface area contributed by atoms with Crippen LogP contribution in [0.5, 0.6) is 11.5 Å². The molecule has 0 saturated heterocycles. The van der Waals surface area contributed by atoms with Crippen LogP contribution in [0.25, 0.3) is 0 Å². The summed E-state index contributed by atoms with van der Waals surface area (Å²) in [5.41, 5.74) is 3.85. The van der Waals surface area contributed by atoms with Gasteiger partial charge < -0.3 is 20.1 Å². The van der Waals surface area contributed by atoms with E-state index in [0.29, 0.717) is 27.2 Å². The lowest BCUT2D eigenvalue weighted by Gasteiger charge is -2.16. The van der Waals surface area contributed by atoms with E-state index in [2.05, 4.69) is 28.6 Å². The highest BCUT2D eigenvalue weighted by atomic mass is 32.1. The molecule has 1 heterocycles. The van der Waals surface area contributed by atoms with E-state index in [0.717, 1.165) is 17.7 Å². The van der Waals surface area contributed by atoms with Gasteiger partial charge in [-0.05, 0) is 49.6 Å². The molecule has 2 aromatic carbocycles. The van der Waals surface area contributed by atoms with Crippen LogP contribution >= 0.6 is 11.3 Å². The number of nitrogens with zero attached hydrogens (tertiary/aromatic N) is 1. The molecular formula is C23H27N3O3S. The molecule has 6 nitrogen and oxygen atoms in total. The average molecular weight is 426 g/mol. The number of para-hydroxylation sites is 1.